The zero-order chi connectivity index (χ0) is 11.4. The maximum Gasteiger partial charge on any atom is 0.0641 e. The zero-order valence-corrected chi connectivity index (χ0v) is 9.86. The van der Waals surface area contributed by atoms with Gasteiger partial charge in [-0.3, -0.25) is 0 Å². The predicted octanol–water partition coefficient (Wildman–Crippen LogP) is 1.93. The van der Waals surface area contributed by atoms with Crippen LogP contribution in [0, 0.1) is 0 Å². The highest BCUT2D eigenvalue weighted by Gasteiger charge is 2.14. The predicted molar refractivity (Wildman–Crippen MR) is 66.7 cm³/mol. The molecule has 3 nitrogen and oxygen atoms in total. The van der Waals surface area contributed by atoms with E-state index in [1.54, 1.807) is 0 Å². The molecule has 2 rings (SSSR count). The van der Waals surface area contributed by atoms with Crippen LogP contribution in [-0.2, 0) is 4.74 Å². The second-order valence-electron chi connectivity index (χ2n) is 4.30. The highest BCUT2D eigenvalue weighted by molar-refractivity contribution is 5.54. The summed E-state index contributed by atoms with van der Waals surface area (Å²) in [4.78, 5) is 2.38. The van der Waals surface area contributed by atoms with Gasteiger partial charge in [0.2, 0.25) is 0 Å². The molecule has 3 heteroatoms. The van der Waals surface area contributed by atoms with Crippen LogP contribution in [0.1, 0.15) is 24.9 Å². The quantitative estimate of drug-likeness (QED) is 0.827. The molecule has 88 valence electrons. The van der Waals surface area contributed by atoms with Crippen LogP contribution in [0.5, 0.6) is 0 Å². The van der Waals surface area contributed by atoms with Crippen molar-refractivity contribution in [1.82, 2.24) is 0 Å². The number of hydrogen-bond acceptors (Lipinski definition) is 3. The van der Waals surface area contributed by atoms with Gasteiger partial charge in [-0.1, -0.05) is 18.2 Å². The molecule has 1 aliphatic heterocycles. The number of nitrogens with zero attached hydrogens (tertiary/aromatic N) is 1. The third kappa shape index (κ3) is 2.54. The third-order valence-electron chi connectivity index (χ3n) is 2.99. The van der Waals surface area contributed by atoms with Crippen molar-refractivity contribution < 1.29 is 4.74 Å². The summed E-state index contributed by atoms with van der Waals surface area (Å²) in [5, 5.41) is 0. The minimum Gasteiger partial charge on any atom is -0.380 e. The highest BCUT2D eigenvalue weighted by atomic mass is 16.5. The molecular formula is C13H20N2O. The van der Waals surface area contributed by atoms with Gasteiger partial charge in [-0.05, 0) is 25.0 Å². The second-order valence-corrected chi connectivity index (χ2v) is 4.30. The first kappa shape index (κ1) is 11.4. The van der Waals surface area contributed by atoms with Crippen molar-refractivity contribution in [3.63, 3.8) is 0 Å². The minimum atomic E-state index is 0.0837. The van der Waals surface area contributed by atoms with Crippen molar-refractivity contribution in [2.45, 2.75) is 19.4 Å². The summed E-state index contributed by atoms with van der Waals surface area (Å²) >= 11 is 0. The van der Waals surface area contributed by atoms with Crippen molar-refractivity contribution in [2.75, 3.05) is 31.2 Å². The van der Waals surface area contributed by atoms with Gasteiger partial charge in [-0.25, -0.2) is 0 Å². The van der Waals surface area contributed by atoms with Gasteiger partial charge in [-0.15, -0.1) is 0 Å². The van der Waals surface area contributed by atoms with Crippen LogP contribution < -0.4 is 10.6 Å². The molecule has 0 unspecified atom stereocenters. The van der Waals surface area contributed by atoms with Gasteiger partial charge < -0.3 is 15.4 Å². The molecule has 1 saturated heterocycles. The lowest BCUT2D eigenvalue weighted by Gasteiger charge is -2.26. The molecule has 0 radical (unpaired) electrons. The van der Waals surface area contributed by atoms with E-state index >= 15 is 0 Å². The summed E-state index contributed by atoms with van der Waals surface area (Å²) in [5.74, 6) is 0. The Kier molecular flexibility index (Phi) is 3.80. The van der Waals surface area contributed by atoms with E-state index in [4.69, 9.17) is 10.5 Å². The molecule has 16 heavy (non-hydrogen) atoms. The van der Waals surface area contributed by atoms with Gasteiger partial charge in [0.25, 0.3) is 0 Å². The number of para-hydroxylation sites is 1. The molecule has 1 aromatic rings. The Balaban J connectivity index is 2.23. The summed E-state index contributed by atoms with van der Waals surface area (Å²) < 4.78 is 5.47. The molecule has 2 N–H and O–H groups in total. The summed E-state index contributed by atoms with van der Waals surface area (Å²) in [5.41, 5.74) is 8.50. The molecule has 0 amide bonds. The largest absolute Gasteiger partial charge is 0.380 e. The summed E-state index contributed by atoms with van der Waals surface area (Å²) in [6.07, 6.45) is 1.09. The number of anilines is 1. The topological polar surface area (TPSA) is 38.5 Å². The fourth-order valence-electron chi connectivity index (χ4n) is 2.15. The van der Waals surface area contributed by atoms with E-state index in [1.807, 2.05) is 6.92 Å². The van der Waals surface area contributed by atoms with Crippen LogP contribution in [-0.4, -0.2) is 26.3 Å². The fourth-order valence-corrected chi connectivity index (χ4v) is 2.15. The summed E-state index contributed by atoms with van der Waals surface area (Å²) in [6, 6.07) is 8.49. The Morgan fingerprint density at radius 2 is 2.06 bits per heavy atom. The van der Waals surface area contributed by atoms with Crippen LogP contribution in [0.2, 0.25) is 0 Å². The smallest absolute Gasteiger partial charge is 0.0641 e. The van der Waals surface area contributed by atoms with Crippen LogP contribution in [0.4, 0.5) is 5.69 Å². The first-order valence-corrected chi connectivity index (χ1v) is 5.96. The average molecular weight is 220 g/mol. The van der Waals surface area contributed by atoms with E-state index in [9.17, 15) is 0 Å². The van der Waals surface area contributed by atoms with Crippen molar-refractivity contribution in [3.05, 3.63) is 29.8 Å². The van der Waals surface area contributed by atoms with E-state index in [0.29, 0.717) is 0 Å². The van der Waals surface area contributed by atoms with E-state index in [-0.39, 0.29) is 6.04 Å². The second kappa shape index (κ2) is 5.32. The normalized spacial score (nSPS) is 19.2. The molecular weight excluding hydrogens is 200 g/mol. The average Bonchev–Trinajstić information content (AvgIpc) is 2.57. The molecule has 1 aliphatic rings. The van der Waals surface area contributed by atoms with Crippen LogP contribution in [0.3, 0.4) is 0 Å². The molecule has 0 bridgehead atoms. The number of ether oxygens (including phenoxy) is 1. The molecule has 0 aromatic heterocycles. The van der Waals surface area contributed by atoms with E-state index in [1.165, 1.54) is 11.3 Å². The lowest BCUT2D eigenvalue weighted by atomic mass is 10.1. The van der Waals surface area contributed by atoms with Crippen molar-refractivity contribution in [3.8, 4) is 0 Å². The number of hydrogen-bond donors (Lipinski definition) is 1. The van der Waals surface area contributed by atoms with Gasteiger partial charge in [0.05, 0.1) is 6.61 Å². The van der Waals surface area contributed by atoms with Gasteiger partial charge in [0.1, 0.15) is 0 Å². The number of benzene rings is 1. The van der Waals surface area contributed by atoms with Crippen molar-refractivity contribution in [2.24, 2.45) is 5.73 Å². The molecule has 1 heterocycles. The zero-order valence-electron chi connectivity index (χ0n) is 9.86. The van der Waals surface area contributed by atoms with Gasteiger partial charge in [0, 0.05) is 31.4 Å². The minimum absolute atomic E-state index is 0.0837. The first-order valence-electron chi connectivity index (χ1n) is 5.96. The van der Waals surface area contributed by atoms with Gasteiger partial charge >= 0.3 is 0 Å². The van der Waals surface area contributed by atoms with Crippen molar-refractivity contribution in [1.29, 1.82) is 0 Å². The Morgan fingerprint density at radius 1 is 1.25 bits per heavy atom. The van der Waals surface area contributed by atoms with E-state index < -0.39 is 0 Å². The molecule has 0 aliphatic carbocycles. The Morgan fingerprint density at radius 3 is 2.88 bits per heavy atom. The number of rotatable bonds is 2. The molecule has 1 aromatic carbocycles. The Bertz CT molecular complexity index is 330. The highest BCUT2D eigenvalue weighted by Crippen LogP contribution is 2.25. The molecule has 1 atom stereocenters. The lowest BCUT2D eigenvalue weighted by Crippen LogP contribution is -2.27. The maximum absolute atomic E-state index is 6.00. The van der Waals surface area contributed by atoms with Crippen LogP contribution in [0.15, 0.2) is 24.3 Å². The standard InChI is InChI=1S/C13H20N2O/c1-11(14)12-5-2-3-6-13(12)15-7-4-9-16-10-8-15/h2-3,5-6,11H,4,7-10,14H2,1H3/t11-/m0/s1. The summed E-state index contributed by atoms with van der Waals surface area (Å²) in [7, 11) is 0. The van der Waals surface area contributed by atoms with E-state index in [0.717, 1.165) is 32.7 Å². The van der Waals surface area contributed by atoms with Gasteiger partial charge in [-0.2, -0.15) is 0 Å². The molecule has 0 saturated carbocycles. The van der Waals surface area contributed by atoms with Gasteiger partial charge in [0.15, 0.2) is 0 Å². The molecule has 0 spiro atoms. The SMILES string of the molecule is C[C@H](N)c1ccccc1N1CCCOCC1. The van der Waals surface area contributed by atoms with E-state index in [2.05, 4.69) is 29.2 Å². The third-order valence-corrected chi connectivity index (χ3v) is 2.99. The monoisotopic (exact) mass is 220 g/mol. The molecule has 1 fully saturated rings. The summed E-state index contributed by atoms with van der Waals surface area (Å²) in [6.45, 7) is 5.74. The first-order chi connectivity index (χ1) is 7.79. The maximum atomic E-state index is 6.00. The number of nitrogens with two attached hydrogens (primary N) is 1. The lowest BCUT2D eigenvalue weighted by molar-refractivity contribution is 0.152. The van der Waals surface area contributed by atoms with Crippen LogP contribution in [0.25, 0.3) is 0 Å². The Labute approximate surface area is 97.2 Å². The fraction of sp³-hybridized carbons (Fsp3) is 0.538. The Hall–Kier alpha value is -1.06. The van der Waals surface area contributed by atoms with Crippen molar-refractivity contribution >= 4 is 5.69 Å². The van der Waals surface area contributed by atoms with Crippen LogP contribution >= 0.6 is 0 Å².